The zero-order chi connectivity index (χ0) is 15.0. The van der Waals surface area contributed by atoms with Crippen molar-refractivity contribution in [3.8, 4) is 0 Å². The first-order chi connectivity index (χ1) is 8.45. The van der Waals surface area contributed by atoms with Gasteiger partial charge in [0, 0.05) is 19.3 Å². The lowest BCUT2D eigenvalue weighted by atomic mass is 10.1. The zero-order valence-electron chi connectivity index (χ0n) is 11.4. The van der Waals surface area contributed by atoms with Crippen LogP contribution in [0.15, 0.2) is 17.0 Å². The number of hydrogen-bond donors (Lipinski definition) is 2. The molecule has 7 heteroatoms. The van der Waals surface area contributed by atoms with Gasteiger partial charge in [0.2, 0.25) is 10.0 Å². The number of rotatable bonds is 4. The second-order valence-corrected chi connectivity index (χ2v) is 7.24. The average Bonchev–Trinajstić information content (AvgIpc) is 2.20. The number of likely N-dealkylation sites (N-methyl/N-ethyl adjacent to an activating group) is 1. The lowest BCUT2D eigenvalue weighted by Crippen LogP contribution is -2.40. The Morgan fingerprint density at radius 2 is 1.95 bits per heavy atom. The smallest absolute Gasteiger partial charge is 0.245 e. The van der Waals surface area contributed by atoms with E-state index in [4.69, 9.17) is 5.73 Å². The van der Waals surface area contributed by atoms with Crippen LogP contribution in [0.5, 0.6) is 0 Å². The second kappa shape index (κ2) is 5.07. The molecular weight excluding hydrogens is 271 g/mol. The van der Waals surface area contributed by atoms with E-state index in [1.807, 2.05) is 0 Å². The maximum atomic E-state index is 13.9. The van der Waals surface area contributed by atoms with Gasteiger partial charge in [0.25, 0.3) is 0 Å². The highest BCUT2D eigenvalue weighted by Crippen LogP contribution is 2.24. The largest absolute Gasteiger partial charge is 0.399 e. The van der Waals surface area contributed by atoms with Gasteiger partial charge in [-0.25, -0.2) is 12.8 Å². The number of hydrogen-bond acceptors (Lipinski definition) is 4. The van der Waals surface area contributed by atoms with Gasteiger partial charge in [-0.15, -0.1) is 0 Å². The van der Waals surface area contributed by atoms with Crippen molar-refractivity contribution in [3.05, 3.63) is 23.5 Å². The summed E-state index contributed by atoms with van der Waals surface area (Å²) in [6.45, 7) is 4.24. The Kier molecular flexibility index (Phi) is 4.23. The van der Waals surface area contributed by atoms with Crippen molar-refractivity contribution in [2.45, 2.75) is 31.3 Å². The summed E-state index contributed by atoms with van der Waals surface area (Å²) >= 11 is 0. The van der Waals surface area contributed by atoms with Gasteiger partial charge >= 0.3 is 0 Å². The second-order valence-electron chi connectivity index (χ2n) is 5.22. The van der Waals surface area contributed by atoms with E-state index in [0.29, 0.717) is 0 Å². The average molecular weight is 290 g/mol. The molecule has 1 aromatic rings. The monoisotopic (exact) mass is 290 g/mol. The molecule has 0 aliphatic heterocycles. The first-order valence-corrected chi connectivity index (χ1v) is 7.13. The summed E-state index contributed by atoms with van der Waals surface area (Å²) in [5.41, 5.74) is 4.68. The van der Waals surface area contributed by atoms with Crippen LogP contribution in [-0.2, 0) is 10.0 Å². The van der Waals surface area contributed by atoms with Crippen LogP contribution in [0, 0.1) is 12.7 Å². The van der Waals surface area contributed by atoms with E-state index in [1.165, 1.54) is 33.9 Å². The molecule has 1 rings (SSSR count). The zero-order valence-corrected chi connectivity index (χ0v) is 12.3. The van der Waals surface area contributed by atoms with Gasteiger partial charge in [-0.3, -0.25) is 0 Å². The first kappa shape index (κ1) is 15.9. The number of aliphatic hydroxyl groups is 1. The van der Waals surface area contributed by atoms with E-state index in [1.54, 1.807) is 0 Å². The molecule has 0 spiro atoms. The van der Waals surface area contributed by atoms with Gasteiger partial charge < -0.3 is 10.8 Å². The van der Waals surface area contributed by atoms with E-state index in [9.17, 15) is 17.9 Å². The molecule has 0 unspecified atom stereocenters. The fourth-order valence-electron chi connectivity index (χ4n) is 1.75. The Labute approximate surface area is 112 Å². The number of benzene rings is 1. The first-order valence-electron chi connectivity index (χ1n) is 5.69. The molecule has 0 aliphatic carbocycles. The number of nitrogens with zero attached hydrogens (tertiary/aromatic N) is 1. The molecule has 0 fully saturated rings. The molecule has 108 valence electrons. The molecule has 0 aliphatic rings. The molecule has 0 saturated carbocycles. The molecule has 0 bridgehead atoms. The summed E-state index contributed by atoms with van der Waals surface area (Å²) in [4.78, 5) is -0.475. The highest BCUT2D eigenvalue weighted by Gasteiger charge is 2.29. The van der Waals surface area contributed by atoms with Crippen molar-refractivity contribution in [2.24, 2.45) is 0 Å². The predicted octanol–water partition coefficient (Wildman–Crippen LogP) is 1.11. The van der Waals surface area contributed by atoms with Crippen LogP contribution in [0.1, 0.15) is 19.4 Å². The third-order valence-corrected chi connectivity index (χ3v) is 4.34. The van der Waals surface area contributed by atoms with Gasteiger partial charge in [-0.1, -0.05) is 0 Å². The maximum absolute atomic E-state index is 13.9. The van der Waals surface area contributed by atoms with Crippen molar-refractivity contribution >= 4 is 15.7 Å². The maximum Gasteiger partial charge on any atom is 0.245 e. The topological polar surface area (TPSA) is 83.6 Å². The van der Waals surface area contributed by atoms with Crippen molar-refractivity contribution in [2.75, 3.05) is 19.3 Å². The quantitative estimate of drug-likeness (QED) is 0.814. The molecule has 0 saturated heterocycles. The highest BCUT2D eigenvalue weighted by atomic mass is 32.2. The summed E-state index contributed by atoms with van der Waals surface area (Å²) in [6, 6.07) is 2.45. The summed E-state index contributed by atoms with van der Waals surface area (Å²) in [6.07, 6.45) is 0. The number of sulfonamides is 1. The Morgan fingerprint density at radius 1 is 1.42 bits per heavy atom. The fraction of sp³-hybridized carbons (Fsp3) is 0.500. The van der Waals surface area contributed by atoms with Gasteiger partial charge in [-0.2, -0.15) is 4.31 Å². The number of halogens is 1. The lowest BCUT2D eigenvalue weighted by molar-refractivity contribution is 0.0639. The van der Waals surface area contributed by atoms with Crippen LogP contribution in [0.2, 0.25) is 0 Å². The van der Waals surface area contributed by atoms with Crippen LogP contribution >= 0.6 is 0 Å². The Balaban J connectivity index is 3.28. The van der Waals surface area contributed by atoms with Crippen LogP contribution in [0.25, 0.3) is 0 Å². The Hall–Kier alpha value is -1.18. The number of anilines is 1. The standard InChI is InChI=1S/C12H19FN2O3S/c1-8-5-9(14)6-10(11(8)13)19(17,18)15(4)7-12(2,3)16/h5-6,16H,7,14H2,1-4H3. The summed E-state index contributed by atoms with van der Waals surface area (Å²) in [7, 11) is -2.75. The Morgan fingerprint density at radius 3 is 2.42 bits per heavy atom. The van der Waals surface area contributed by atoms with E-state index in [0.717, 1.165) is 10.4 Å². The molecule has 1 aromatic carbocycles. The lowest BCUT2D eigenvalue weighted by Gasteiger charge is -2.25. The Bertz CT molecular complexity index is 579. The van der Waals surface area contributed by atoms with Crippen molar-refractivity contribution < 1.29 is 17.9 Å². The fourth-order valence-corrected chi connectivity index (χ4v) is 3.24. The third kappa shape index (κ3) is 3.65. The van der Waals surface area contributed by atoms with Crippen LogP contribution < -0.4 is 5.73 Å². The summed E-state index contributed by atoms with van der Waals surface area (Å²) < 4.78 is 39.4. The van der Waals surface area contributed by atoms with Gasteiger partial charge in [0.05, 0.1) is 5.60 Å². The minimum Gasteiger partial charge on any atom is -0.399 e. The molecule has 19 heavy (non-hydrogen) atoms. The SMILES string of the molecule is Cc1cc(N)cc(S(=O)(=O)N(C)CC(C)(C)O)c1F. The van der Waals surface area contributed by atoms with Gasteiger partial charge in [-0.05, 0) is 38.5 Å². The van der Waals surface area contributed by atoms with Crippen LogP contribution in [-0.4, -0.2) is 37.0 Å². The summed E-state index contributed by atoms with van der Waals surface area (Å²) in [5.74, 6) is -0.822. The minimum absolute atomic E-state index is 0.150. The van der Waals surface area contributed by atoms with E-state index < -0.39 is 26.3 Å². The molecular formula is C12H19FN2O3S. The van der Waals surface area contributed by atoms with E-state index in [-0.39, 0.29) is 17.8 Å². The molecule has 0 amide bonds. The molecule has 0 atom stereocenters. The number of nitrogen functional groups attached to an aromatic ring is 1. The van der Waals surface area contributed by atoms with Crippen molar-refractivity contribution in [1.29, 1.82) is 0 Å². The number of nitrogens with two attached hydrogens (primary N) is 1. The summed E-state index contributed by atoms with van der Waals surface area (Å²) in [5, 5.41) is 9.65. The van der Waals surface area contributed by atoms with Crippen molar-refractivity contribution in [1.82, 2.24) is 4.31 Å². The third-order valence-electron chi connectivity index (χ3n) is 2.54. The highest BCUT2D eigenvalue weighted by molar-refractivity contribution is 7.89. The predicted molar refractivity (Wildman–Crippen MR) is 71.7 cm³/mol. The van der Waals surface area contributed by atoms with Gasteiger partial charge in [0.1, 0.15) is 10.7 Å². The van der Waals surface area contributed by atoms with Crippen LogP contribution in [0.4, 0.5) is 10.1 Å². The molecule has 0 heterocycles. The normalized spacial score (nSPS) is 13.0. The molecule has 0 aromatic heterocycles. The minimum atomic E-state index is -4.03. The van der Waals surface area contributed by atoms with Gasteiger partial charge in [0.15, 0.2) is 0 Å². The number of aryl methyl sites for hydroxylation is 1. The molecule has 5 nitrogen and oxygen atoms in total. The molecule has 3 N–H and O–H groups in total. The molecule has 0 radical (unpaired) electrons. The van der Waals surface area contributed by atoms with Crippen molar-refractivity contribution in [3.63, 3.8) is 0 Å². The van der Waals surface area contributed by atoms with E-state index >= 15 is 0 Å². The van der Waals surface area contributed by atoms with E-state index in [2.05, 4.69) is 0 Å². The van der Waals surface area contributed by atoms with Crippen LogP contribution in [0.3, 0.4) is 0 Å².